The molecule has 0 heterocycles. The molecule has 1 unspecified atom stereocenters. The van der Waals surface area contributed by atoms with E-state index in [9.17, 15) is 14.4 Å². The zero-order chi connectivity index (χ0) is 59.9. The largest absolute Gasteiger partial charge is 0.462 e. The molecular weight excluding hydrogens is 1020 g/mol. The Bertz CT molecular complexity index is 1750. The second-order valence-corrected chi connectivity index (χ2v) is 22.7. The maximum Gasteiger partial charge on any atom is 0.306 e. The van der Waals surface area contributed by atoms with Crippen molar-refractivity contribution < 1.29 is 28.6 Å². The number of hydrogen-bond donors (Lipinski definition) is 0. The van der Waals surface area contributed by atoms with Crippen molar-refractivity contribution >= 4 is 17.9 Å². The van der Waals surface area contributed by atoms with Gasteiger partial charge in [0, 0.05) is 19.3 Å². The molecule has 0 aliphatic rings. The highest BCUT2D eigenvalue weighted by molar-refractivity contribution is 5.71. The summed E-state index contributed by atoms with van der Waals surface area (Å²) in [5, 5.41) is 0. The molecule has 0 bridgehead atoms. The van der Waals surface area contributed by atoms with Crippen molar-refractivity contribution in [3.63, 3.8) is 0 Å². The van der Waals surface area contributed by atoms with Crippen LogP contribution in [-0.2, 0) is 28.6 Å². The van der Waals surface area contributed by atoms with Gasteiger partial charge >= 0.3 is 17.9 Å². The number of ether oxygens (including phenoxy) is 3. The molecule has 0 rings (SSSR count). The molecule has 0 aromatic heterocycles. The standard InChI is InChI=1S/C77H128O6/c1-4-7-10-13-16-19-22-25-28-30-31-32-33-34-35-36-37-38-39-40-41-42-43-44-45-47-49-52-55-58-61-64-67-70-76(79)82-73-74(72-81-75(78)69-66-63-60-57-54-51-48-27-24-21-18-15-12-9-6-3)83-77(80)71-68-65-62-59-56-53-50-46-29-26-23-20-17-14-11-8-5-2/h7-8,10-11,16-17,19-20,25-26,28-29,31-32,34-35,37-38,40-41,50,53,74H,4-6,9,12-15,18,21-24,27,30,33,36,39,42-49,51-52,54-73H2,1-3H3/b10-7-,11-8-,19-16-,20-17-,28-25-,29-26-,32-31-,35-34-,38-37-,41-40-,53-50-. The highest BCUT2D eigenvalue weighted by Gasteiger charge is 2.19. The van der Waals surface area contributed by atoms with Gasteiger partial charge in [-0.15, -0.1) is 0 Å². The van der Waals surface area contributed by atoms with Gasteiger partial charge in [0.2, 0.25) is 0 Å². The molecule has 1 atom stereocenters. The number of allylic oxidation sites excluding steroid dienone is 22. The molecule has 0 saturated carbocycles. The fourth-order valence-electron chi connectivity index (χ4n) is 9.53. The molecule has 0 amide bonds. The molecule has 0 aromatic rings. The number of carbonyl (C=O) groups is 3. The molecule has 0 aromatic carbocycles. The van der Waals surface area contributed by atoms with Gasteiger partial charge in [0.25, 0.3) is 0 Å². The average Bonchev–Trinajstić information content (AvgIpc) is 3.49. The molecule has 0 saturated heterocycles. The summed E-state index contributed by atoms with van der Waals surface area (Å²) in [6.07, 6.45) is 99.0. The van der Waals surface area contributed by atoms with Crippen molar-refractivity contribution in [1.82, 2.24) is 0 Å². The monoisotopic (exact) mass is 1150 g/mol. The summed E-state index contributed by atoms with van der Waals surface area (Å²) < 4.78 is 16.9. The first-order valence-corrected chi connectivity index (χ1v) is 34.7. The van der Waals surface area contributed by atoms with Gasteiger partial charge < -0.3 is 14.2 Å². The zero-order valence-electron chi connectivity index (χ0n) is 54.2. The Hall–Kier alpha value is -4.45. The minimum Gasteiger partial charge on any atom is -0.462 e. The van der Waals surface area contributed by atoms with Gasteiger partial charge in [-0.1, -0.05) is 315 Å². The Balaban J connectivity index is 4.29. The van der Waals surface area contributed by atoms with E-state index in [1.54, 1.807) is 0 Å². The van der Waals surface area contributed by atoms with Crippen molar-refractivity contribution in [3.8, 4) is 0 Å². The minimum absolute atomic E-state index is 0.0882. The fourth-order valence-corrected chi connectivity index (χ4v) is 9.53. The second kappa shape index (κ2) is 70.0. The number of hydrogen-bond acceptors (Lipinski definition) is 6. The predicted octanol–water partition coefficient (Wildman–Crippen LogP) is 24.1. The molecular formula is C77H128O6. The molecule has 0 aliphatic heterocycles. The lowest BCUT2D eigenvalue weighted by Gasteiger charge is -2.18. The first-order chi connectivity index (χ1) is 41.0. The topological polar surface area (TPSA) is 78.9 Å². The molecule has 0 spiro atoms. The summed E-state index contributed by atoms with van der Waals surface area (Å²) >= 11 is 0. The van der Waals surface area contributed by atoms with Gasteiger partial charge in [0.05, 0.1) is 0 Å². The van der Waals surface area contributed by atoms with Crippen LogP contribution in [0.1, 0.15) is 316 Å². The molecule has 6 heteroatoms. The molecule has 0 fully saturated rings. The van der Waals surface area contributed by atoms with Crippen molar-refractivity contribution in [2.75, 3.05) is 13.2 Å². The van der Waals surface area contributed by atoms with E-state index in [1.807, 2.05) is 0 Å². The number of rotatable bonds is 62. The lowest BCUT2D eigenvalue weighted by Crippen LogP contribution is -2.30. The molecule has 0 N–H and O–H groups in total. The summed E-state index contributed by atoms with van der Waals surface area (Å²) in [5.74, 6) is -0.906. The number of esters is 3. The molecule has 6 nitrogen and oxygen atoms in total. The summed E-state index contributed by atoms with van der Waals surface area (Å²) in [6, 6.07) is 0. The smallest absolute Gasteiger partial charge is 0.306 e. The highest BCUT2D eigenvalue weighted by atomic mass is 16.6. The fraction of sp³-hybridized carbons (Fsp3) is 0.675. The van der Waals surface area contributed by atoms with Crippen LogP contribution in [-0.4, -0.2) is 37.2 Å². The Morgan fingerprint density at radius 2 is 0.470 bits per heavy atom. The predicted molar refractivity (Wildman–Crippen MR) is 362 cm³/mol. The second-order valence-electron chi connectivity index (χ2n) is 22.7. The van der Waals surface area contributed by atoms with E-state index in [0.29, 0.717) is 19.3 Å². The molecule has 0 radical (unpaired) electrons. The minimum atomic E-state index is -0.795. The lowest BCUT2D eigenvalue weighted by molar-refractivity contribution is -0.167. The van der Waals surface area contributed by atoms with E-state index in [4.69, 9.17) is 14.2 Å². The van der Waals surface area contributed by atoms with Gasteiger partial charge in [-0.25, -0.2) is 0 Å². The Labute approximate surface area is 513 Å². The van der Waals surface area contributed by atoms with Crippen LogP contribution in [0.3, 0.4) is 0 Å². The van der Waals surface area contributed by atoms with Gasteiger partial charge in [-0.2, -0.15) is 0 Å². The van der Waals surface area contributed by atoms with E-state index >= 15 is 0 Å². The van der Waals surface area contributed by atoms with Crippen molar-refractivity contribution in [1.29, 1.82) is 0 Å². The maximum atomic E-state index is 12.9. The Morgan fingerprint density at radius 3 is 0.735 bits per heavy atom. The van der Waals surface area contributed by atoms with Gasteiger partial charge in [0.15, 0.2) is 6.10 Å². The van der Waals surface area contributed by atoms with E-state index in [0.717, 1.165) is 141 Å². The van der Waals surface area contributed by atoms with Crippen LogP contribution < -0.4 is 0 Å². The molecule has 83 heavy (non-hydrogen) atoms. The number of unbranched alkanes of at least 4 members (excludes halogenated alkanes) is 29. The van der Waals surface area contributed by atoms with Gasteiger partial charge in [-0.3, -0.25) is 14.4 Å². The van der Waals surface area contributed by atoms with Crippen molar-refractivity contribution in [3.05, 3.63) is 134 Å². The SMILES string of the molecule is CC/C=C\C/C=C\C/C=C\C/C=C\C/C=C\C/C=C\C/C=C\CCCCCCCCCCCCCC(=O)OCC(COC(=O)CCCCCCCCCCCCCCCCC)OC(=O)CCCCCC/C=C\C/C=C\C/C=C\C/C=C\CC. The third kappa shape index (κ3) is 68.2. The summed E-state index contributed by atoms with van der Waals surface area (Å²) in [4.78, 5) is 38.4. The molecule has 472 valence electrons. The summed E-state index contributed by atoms with van der Waals surface area (Å²) in [5.41, 5.74) is 0. The van der Waals surface area contributed by atoms with Crippen LogP contribution in [0.4, 0.5) is 0 Å². The van der Waals surface area contributed by atoms with E-state index in [1.165, 1.54) is 135 Å². The first kappa shape index (κ1) is 78.5. The van der Waals surface area contributed by atoms with Gasteiger partial charge in [-0.05, 0) is 116 Å². The van der Waals surface area contributed by atoms with Crippen LogP contribution in [0.25, 0.3) is 0 Å². The summed E-state index contributed by atoms with van der Waals surface area (Å²) in [7, 11) is 0. The third-order valence-electron chi connectivity index (χ3n) is 14.7. The summed E-state index contributed by atoms with van der Waals surface area (Å²) in [6.45, 7) is 6.42. The van der Waals surface area contributed by atoms with Gasteiger partial charge in [0.1, 0.15) is 13.2 Å². The van der Waals surface area contributed by atoms with E-state index < -0.39 is 6.10 Å². The van der Waals surface area contributed by atoms with Crippen LogP contribution in [0.5, 0.6) is 0 Å². The van der Waals surface area contributed by atoms with E-state index in [-0.39, 0.29) is 31.1 Å². The van der Waals surface area contributed by atoms with Crippen LogP contribution in [0, 0.1) is 0 Å². The number of carbonyl (C=O) groups excluding carboxylic acids is 3. The van der Waals surface area contributed by atoms with Crippen LogP contribution >= 0.6 is 0 Å². The average molecular weight is 1150 g/mol. The lowest BCUT2D eigenvalue weighted by atomic mass is 10.0. The highest BCUT2D eigenvalue weighted by Crippen LogP contribution is 2.17. The zero-order valence-corrected chi connectivity index (χ0v) is 54.2. The van der Waals surface area contributed by atoms with Crippen LogP contribution in [0.15, 0.2) is 134 Å². The van der Waals surface area contributed by atoms with Crippen molar-refractivity contribution in [2.24, 2.45) is 0 Å². The Kier molecular flexibility index (Phi) is 66.3. The van der Waals surface area contributed by atoms with Crippen molar-refractivity contribution in [2.45, 2.75) is 322 Å². The third-order valence-corrected chi connectivity index (χ3v) is 14.7. The first-order valence-electron chi connectivity index (χ1n) is 34.7. The normalized spacial score (nSPS) is 13.0. The maximum absolute atomic E-state index is 12.9. The quantitative estimate of drug-likeness (QED) is 0.0261. The van der Waals surface area contributed by atoms with E-state index in [2.05, 4.69) is 154 Å². The van der Waals surface area contributed by atoms with Crippen LogP contribution in [0.2, 0.25) is 0 Å². The molecule has 0 aliphatic carbocycles. The Morgan fingerprint density at radius 1 is 0.253 bits per heavy atom.